The Balaban J connectivity index is 4.80. The zero-order valence-electron chi connectivity index (χ0n) is 11.5. The van der Waals surface area contributed by atoms with Gasteiger partial charge in [-0.1, -0.05) is 13.3 Å². The number of hydroxylamine groups is 2. The summed E-state index contributed by atoms with van der Waals surface area (Å²) in [5.41, 5.74) is -2.26. The Hall–Kier alpha value is -1.17. The second-order valence-electron chi connectivity index (χ2n) is 4.04. The van der Waals surface area contributed by atoms with Crippen LogP contribution in [0.25, 0.3) is 0 Å². The van der Waals surface area contributed by atoms with Gasteiger partial charge in [-0.2, -0.15) is 0 Å². The van der Waals surface area contributed by atoms with E-state index < -0.39 is 24.0 Å². The van der Waals surface area contributed by atoms with E-state index in [0.29, 0.717) is 6.42 Å². The van der Waals surface area contributed by atoms with Crippen molar-refractivity contribution in [1.29, 1.82) is 0 Å². The largest absolute Gasteiger partial charge is 0.466 e. The Kier molecular flexibility index (Phi) is 7.50. The normalized spacial score (nSPS) is 13.8. The number of hydrogen-bond donors (Lipinski definition) is 0. The average Bonchev–Trinajstić information content (AvgIpc) is 2.34. The van der Waals surface area contributed by atoms with Gasteiger partial charge in [0.2, 0.25) is 5.67 Å². The van der Waals surface area contributed by atoms with E-state index in [1.807, 2.05) is 6.92 Å². The quantitative estimate of drug-likeness (QED) is 0.495. The maximum absolute atomic E-state index is 14.6. The maximum atomic E-state index is 14.6. The lowest BCUT2D eigenvalue weighted by molar-refractivity contribution is -0.185. The van der Waals surface area contributed by atoms with Gasteiger partial charge in [-0.3, -0.25) is 14.4 Å². The second kappa shape index (κ2) is 8.02. The first-order valence-corrected chi connectivity index (χ1v) is 6.08. The maximum Gasteiger partial charge on any atom is 0.309 e. The lowest BCUT2D eigenvalue weighted by Crippen LogP contribution is -2.45. The van der Waals surface area contributed by atoms with E-state index in [9.17, 15) is 14.0 Å². The van der Waals surface area contributed by atoms with Gasteiger partial charge in [0.25, 0.3) is 5.91 Å². The molecule has 0 spiro atoms. The summed E-state index contributed by atoms with van der Waals surface area (Å²) in [6.45, 7) is 3.68. The van der Waals surface area contributed by atoms with E-state index in [4.69, 9.17) is 4.74 Å². The highest BCUT2D eigenvalue weighted by Gasteiger charge is 2.43. The third-order valence-electron chi connectivity index (χ3n) is 2.60. The van der Waals surface area contributed by atoms with Crippen LogP contribution >= 0.6 is 0 Å². The lowest BCUT2D eigenvalue weighted by Gasteiger charge is -2.27. The fourth-order valence-electron chi connectivity index (χ4n) is 1.53. The van der Waals surface area contributed by atoms with Crippen LogP contribution in [0.4, 0.5) is 4.39 Å². The molecule has 0 aliphatic heterocycles. The minimum absolute atomic E-state index is 0.0190. The van der Waals surface area contributed by atoms with Gasteiger partial charge >= 0.3 is 5.97 Å². The fourth-order valence-corrected chi connectivity index (χ4v) is 1.53. The van der Waals surface area contributed by atoms with Gasteiger partial charge in [0.05, 0.1) is 20.1 Å². The van der Waals surface area contributed by atoms with E-state index >= 15 is 0 Å². The zero-order chi connectivity index (χ0) is 14.2. The molecule has 0 aromatic carbocycles. The molecule has 5 nitrogen and oxygen atoms in total. The van der Waals surface area contributed by atoms with Crippen LogP contribution in [0.2, 0.25) is 0 Å². The summed E-state index contributed by atoms with van der Waals surface area (Å²) < 4.78 is 19.3. The summed E-state index contributed by atoms with van der Waals surface area (Å²) in [5.74, 6) is -1.57. The first-order valence-electron chi connectivity index (χ1n) is 6.08. The topological polar surface area (TPSA) is 55.8 Å². The molecule has 6 heteroatoms. The van der Waals surface area contributed by atoms with Crippen molar-refractivity contribution < 1.29 is 23.6 Å². The van der Waals surface area contributed by atoms with E-state index in [0.717, 1.165) is 11.5 Å². The second-order valence-corrected chi connectivity index (χ2v) is 4.04. The molecular formula is C12H22FNO4. The Morgan fingerprint density at radius 1 is 1.33 bits per heavy atom. The van der Waals surface area contributed by atoms with Crippen molar-refractivity contribution in [3.63, 3.8) is 0 Å². The molecule has 0 N–H and O–H groups in total. The zero-order valence-corrected chi connectivity index (χ0v) is 11.5. The van der Waals surface area contributed by atoms with Crippen LogP contribution in [0.3, 0.4) is 0 Å². The van der Waals surface area contributed by atoms with Crippen molar-refractivity contribution in [2.75, 3.05) is 20.8 Å². The smallest absolute Gasteiger partial charge is 0.309 e. The summed E-state index contributed by atoms with van der Waals surface area (Å²) in [5, 5.41) is 0.800. The SMILES string of the molecule is CCCC[C@@](F)(CC(=O)OCC)C(=O)N(C)OC. The number of amides is 1. The van der Waals surface area contributed by atoms with Crippen molar-refractivity contribution in [1.82, 2.24) is 5.06 Å². The van der Waals surface area contributed by atoms with Crippen LogP contribution in [-0.2, 0) is 19.2 Å². The Bertz CT molecular complexity index is 285. The van der Waals surface area contributed by atoms with Crippen molar-refractivity contribution in [3.8, 4) is 0 Å². The fraction of sp³-hybridized carbons (Fsp3) is 0.833. The molecule has 0 aliphatic carbocycles. The molecule has 0 aromatic rings. The van der Waals surface area contributed by atoms with Gasteiger partial charge in [-0.25, -0.2) is 9.45 Å². The van der Waals surface area contributed by atoms with Crippen molar-refractivity contribution in [2.45, 2.75) is 45.2 Å². The highest BCUT2D eigenvalue weighted by atomic mass is 19.1. The molecule has 1 atom stereocenters. The minimum atomic E-state index is -2.26. The predicted octanol–water partition coefficient (Wildman–Crippen LogP) is 1.86. The summed E-state index contributed by atoms with van der Waals surface area (Å²) in [4.78, 5) is 27.9. The van der Waals surface area contributed by atoms with E-state index in [2.05, 4.69) is 4.84 Å². The number of alkyl halides is 1. The number of carbonyl (C=O) groups excluding carboxylic acids is 2. The highest BCUT2D eigenvalue weighted by Crippen LogP contribution is 2.26. The molecule has 0 bridgehead atoms. The van der Waals surface area contributed by atoms with Crippen LogP contribution < -0.4 is 0 Å². The van der Waals surface area contributed by atoms with Crippen molar-refractivity contribution >= 4 is 11.9 Å². The molecule has 0 aromatic heterocycles. The summed E-state index contributed by atoms with van der Waals surface area (Å²) in [6.07, 6.45) is 0.653. The van der Waals surface area contributed by atoms with Gasteiger partial charge in [0.15, 0.2) is 0 Å². The summed E-state index contributed by atoms with van der Waals surface area (Å²) in [6, 6.07) is 0. The van der Waals surface area contributed by atoms with Crippen LogP contribution in [0.15, 0.2) is 0 Å². The molecule has 0 fully saturated rings. The van der Waals surface area contributed by atoms with Gasteiger partial charge in [-0.05, 0) is 19.8 Å². The first-order chi connectivity index (χ1) is 8.41. The number of rotatable bonds is 8. The molecule has 0 saturated carbocycles. The molecule has 106 valence electrons. The van der Waals surface area contributed by atoms with Crippen LogP contribution in [0.1, 0.15) is 39.5 Å². The number of esters is 1. The number of halogens is 1. The van der Waals surface area contributed by atoms with Gasteiger partial charge in [0.1, 0.15) is 0 Å². The van der Waals surface area contributed by atoms with Gasteiger partial charge in [0, 0.05) is 7.05 Å². The molecular weight excluding hydrogens is 241 g/mol. The molecule has 0 unspecified atom stereocenters. The number of unbranched alkanes of at least 4 members (excludes halogenated alkanes) is 1. The predicted molar refractivity (Wildman–Crippen MR) is 64.4 cm³/mol. The Morgan fingerprint density at radius 2 is 1.94 bits per heavy atom. The molecule has 0 rings (SSSR count). The lowest BCUT2D eigenvalue weighted by atomic mass is 9.94. The van der Waals surface area contributed by atoms with E-state index in [1.165, 1.54) is 14.2 Å². The molecule has 0 radical (unpaired) electrons. The average molecular weight is 263 g/mol. The number of carbonyl (C=O) groups is 2. The number of nitrogens with zero attached hydrogens (tertiary/aromatic N) is 1. The van der Waals surface area contributed by atoms with Crippen molar-refractivity contribution in [2.24, 2.45) is 0 Å². The van der Waals surface area contributed by atoms with E-state index in [-0.39, 0.29) is 13.0 Å². The molecule has 1 amide bonds. The molecule has 18 heavy (non-hydrogen) atoms. The molecule has 0 heterocycles. The number of hydrogen-bond acceptors (Lipinski definition) is 4. The highest BCUT2D eigenvalue weighted by molar-refractivity contribution is 5.88. The van der Waals surface area contributed by atoms with Crippen LogP contribution in [-0.4, -0.2) is 43.4 Å². The minimum Gasteiger partial charge on any atom is -0.466 e. The third-order valence-corrected chi connectivity index (χ3v) is 2.60. The van der Waals surface area contributed by atoms with E-state index in [1.54, 1.807) is 6.92 Å². The van der Waals surface area contributed by atoms with Crippen molar-refractivity contribution in [3.05, 3.63) is 0 Å². The van der Waals surface area contributed by atoms with Gasteiger partial charge in [-0.15, -0.1) is 0 Å². The van der Waals surface area contributed by atoms with Gasteiger partial charge < -0.3 is 4.74 Å². The Labute approximate surface area is 107 Å². The monoisotopic (exact) mass is 263 g/mol. The van der Waals surface area contributed by atoms with Crippen LogP contribution in [0, 0.1) is 0 Å². The summed E-state index contributed by atoms with van der Waals surface area (Å²) >= 11 is 0. The Morgan fingerprint density at radius 3 is 2.39 bits per heavy atom. The first kappa shape index (κ1) is 16.8. The number of ether oxygens (including phenoxy) is 1. The molecule has 0 saturated heterocycles. The summed E-state index contributed by atoms with van der Waals surface area (Å²) in [7, 11) is 2.58. The standard InChI is InChI=1S/C12H22FNO4/c1-5-7-8-12(13,9-10(15)18-6-2)11(16)14(3)17-4/h5-9H2,1-4H3/t12-/m1/s1. The third kappa shape index (κ3) is 5.00. The molecule has 0 aliphatic rings. The van der Waals surface area contributed by atoms with Crippen LogP contribution in [0.5, 0.6) is 0 Å².